The van der Waals surface area contributed by atoms with E-state index >= 15 is 0 Å². The summed E-state index contributed by atoms with van der Waals surface area (Å²) in [6, 6.07) is 5.00. The number of likely N-dealkylation sites (tertiary alicyclic amines) is 1. The number of nitrogens with one attached hydrogen (secondary N) is 1. The van der Waals surface area contributed by atoms with Crippen LogP contribution in [-0.4, -0.2) is 61.4 Å². The van der Waals surface area contributed by atoms with Gasteiger partial charge in [-0.05, 0) is 43.9 Å². The Morgan fingerprint density at radius 2 is 1.96 bits per heavy atom. The SMILES string of the molecule is COC(=O)c1ccc(N2CCCC2)c(NC(=O)N2CCC[C@@H](O)C2)c1. The zero-order valence-electron chi connectivity index (χ0n) is 14.5. The fourth-order valence-corrected chi connectivity index (χ4v) is 3.45. The number of urea groups is 1. The Bertz CT molecular complexity index is 643. The molecule has 0 bridgehead atoms. The van der Waals surface area contributed by atoms with E-state index in [1.165, 1.54) is 7.11 Å². The Morgan fingerprint density at radius 3 is 2.64 bits per heavy atom. The van der Waals surface area contributed by atoms with Gasteiger partial charge in [0.15, 0.2) is 0 Å². The van der Waals surface area contributed by atoms with Crippen LogP contribution in [0.15, 0.2) is 18.2 Å². The Kier molecular flexibility index (Phi) is 5.43. The number of carbonyl (C=O) groups is 2. The van der Waals surface area contributed by atoms with Crippen LogP contribution < -0.4 is 10.2 Å². The van der Waals surface area contributed by atoms with E-state index in [1.807, 2.05) is 6.07 Å². The number of ether oxygens (including phenoxy) is 1. The molecule has 2 amide bonds. The minimum Gasteiger partial charge on any atom is -0.465 e. The molecule has 3 rings (SSSR count). The van der Waals surface area contributed by atoms with E-state index in [2.05, 4.69) is 10.2 Å². The van der Waals surface area contributed by atoms with E-state index in [1.54, 1.807) is 17.0 Å². The number of esters is 1. The maximum atomic E-state index is 12.6. The third-order valence-electron chi connectivity index (χ3n) is 4.79. The maximum absolute atomic E-state index is 12.6. The van der Waals surface area contributed by atoms with Crippen molar-refractivity contribution in [1.29, 1.82) is 0 Å². The summed E-state index contributed by atoms with van der Waals surface area (Å²) < 4.78 is 4.78. The minimum atomic E-state index is -0.473. The van der Waals surface area contributed by atoms with Gasteiger partial charge in [-0.25, -0.2) is 9.59 Å². The first-order chi connectivity index (χ1) is 12.1. The molecule has 7 nitrogen and oxygen atoms in total. The average Bonchev–Trinajstić information content (AvgIpc) is 3.15. The highest BCUT2D eigenvalue weighted by Gasteiger charge is 2.24. The topological polar surface area (TPSA) is 82.1 Å². The van der Waals surface area contributed by atoms with Gasteiger partial charge in [-0.2, -0.15) is 0 Å². The van der Waals surface area contributed by atoms with Gasteiger partial charge in [-0.3, -0.25) is 0 Å². The summed E-state index contributed by atoms with van der Waals surface area (Å²) in [5.41, 5.74) is 1.92. The molecule has 2 N–H and O–H groups in total. The van der Waals surface area contributed by atoms with Crippen LogP contribution in [0, 0.1) is 0 Å². The number of amides is 2. The molecular formula is C18H25N3O4. The number of hydrogen-bond acceptors (Lipinski definition) is 5. The van der Waals surface area contributed by atoms with Crippen LogP contribution in [0.3, 0.4) is 0 Å². The molecule has 0 saturated carbocycles. The Morgan fingerprint density at radius 1 is 1.20 bits per heavy atom. The Hall–Kier alpha value is -2.28. The maximum Gasteiger partial charge on any atom is 0.337 e. The number of rotatable bonds is 3. The van der Waals surface area contributed by atoms with E-state index in [0.717, 1.165) is 44.5 Å². The van der Waals surface area contributed by atoms with Crippen molar-refractivity contribution in [2.24, 2.45) is 0 Å². The summed E-state index contributed by atoms with van der Waals surface area (Å²) in [6.45, 7) is 2.83. The van der Waals surface area contributed by atoms with E-state index in [4.69, 9.17) is 4.74 Å². The Labute approximate surface area is 147 Å². The van der Waals surface area contributed by atoms with Gasteiger partial charge in [0.2, 0.25) is 0 Å². The third-order valence-corrected chi connectivity index (χ3v) is 4.79. The van der Waals surface area contributed by atoms with E-state index < -0.39 is 12.1 Å². The molecule has 0 unspecified atom stereocenters. The van der Waals surface area contributed by atoms with E-state index in [9.17, 15) is 14.7 Å². The molecule has 7 heteroatoms. The summed E-state index contributed by atoms with van der Waals surface area (Å²) >= 11 is 0. The van der Waals surface area contributed by atoms with Gasteiger partial charge in [-0.1, -0.05) is 0 Å². The normalized spacial score (nSPS) is 20.5. The second-order valence-electron chi connectivity index (χ2n) is 6.59. The van der Waals surface area contributed by atoms with Crippen molar-refractivity contribution in [3.05, 3.63) is 23.8 Å². The van der Waals surface area contributed by atoms with Crippen LogP contribution in [0.25, 0.3) is 0 Å². The number of aliphatic hydroxyl groups excluding tert-OH is 1. The predicted octanol–water partition coefficient (Wildman–Crippen LogP) is 2.06. The molecule has 2 saturated heterocycles. The first-order valence-corrected chi connectivity index (χ1v) is 8.80. The van der Waals surface area contributed by atoms with Gasteiger partial charge in [0, 0.05) is 26.2 Å². The number of aliphatic hydroxyl groups is 1. The highest BCUT2D eigenvalue weighted by Crippen LogP contribution is 2.30. The molecule has 1 aromatic carbocycles. The summed E-state index contributed by atoms with van der Waals surface area (Å²) in [5, 5.41) is 12.7. The molecule has 0 radical (unpaired) electrons. The van der Waals surface area contributed by atoms with Crippen molar-refractivity contribution in [2.75, 3.05) is 43.5 Å². The average molecular weight is 347 g/mol. The highest BCUT2D eigenvalue weighted by molar-refractivity contribution is 5.97. The first kappa shape index (κ1) is 17.5. The van der Waals surface area contributed by atoms with Crippen molar-refractivity contribution in [3.63, 3.8) is 0 Å². The molecule has 2 aliphatic rings. The second-order valence-corrected chi connectivity index (χ2v) is 6.59. The van der Waals surface area contributed by atoms with Crippen molar-refractivity contribution in [2.45, 2.75) is 31.8 Å². The van der Waals surface area contributed by atoms with Gasteiger partial charge in [-0.15, -0.1) is 0 Å². The first-order valence-electron chi connectivity index (χ1n) is 8.80. The van der Waals surface area contributed by atoms with Crippen molar-refractivity contribution in [3.8, 4) is 0 Å². The second kappa shape index (κ2) is 7.74. The largest absolute Gasteiger partial charge is 0.465 e. The number of nitrogens with zero attached hydrogens (tertiary/aromatic N) is 2. The third kappa shape index (κ3) is 4.04. The van der Waals surface area contributed by atoms with Crippen molar-refractivity contribution >= 4 is 23.4 Å². The lowest BCUT2D eigenvalue weighted by Crippen LogP contribution is -2.44. The summed E-state index contributed by atoms with van der Waals surface area (Å²) in [4.78, 5) is 28.3. The molecule has 1 atom stereocenters. The molecule has 1 aromatic rings. The number of methoxy groups -OCH3 is 1. The smallest absolute Gasteiger partial charge is 0.337 e. The molecular weight excluding hydrogens is 322 g/mol. The van der Waals surface area contributed by atoms with Crippen molar-refractivity contribution < 1.29 is 19.4 Å². The number of carbonyl (C=O) groups excluding carboxylic acids is 2. The van der Waals surface area contributed by atoms with Crippen LogP contribution in [0.1, 0.15) is 36.0 Å². The lowest BCUT2D eigenvalue weighted by Gasteiger charge is -2.31. The fourth-order valence-electron chi connectivity index (χ4n) is 3.45. The van der Waals surface area contributed by atoms with Gasteiger partial charge in [0.25, 0.3) is 0 Å². The van der Waals surface area contributed by atoms with Crippen molar-refractivity contribution in [1.82, 2.24) is 4.90 Å². The molecule has 0 aromatic heterocycles. The molecule has 136 valence electrons. The zero-order valence-corrected chi connectivity index (χ0v) is 14.5. The molecule has 2 aliphatic heterocycles. The van der Waals surface area contributed by atoms with Crippen LogP contribution in [0.4, 0.5) is 16.2 Å². The minimum absolute atomic E-state index is 0.249. The Balaban J connectivity index is 1.83. The molecule has 0 spiro atoms. The number of hydrogen-bond donors (Lipinski definition) is 2. The van der Waals surface area contributed by atoms with E-state index in [0.29, 0.717) is 24.3 Å². The molecule has 2 heterocycles. The molecule has 25 heavy (non-hydrogen) atoms. The van der Waals surface area contributed by atoms with Crippen LogP contribution in [-0.2, 0) is 4.74 Å². The lowest BCUT2D eigenvalue weighted by molar-refractivity contribution is 0.0600. The van der Waals surface area contributed by atoms with Gasteiger partial charge >= 0.3 is 12.0 Å². The summed E-state index contributed by atoms with van der Waals surface area (Å²) in [5.74, 6) is -0.433. The lowest BCUT2D eigenvalue weighted by atomic mass is 10.1. The summed E-state index contributed by atoms with van der Waals surface area (Å²) in [6.07, 6.45) is 3.27. The molecule has 0 aliphatic carbocycles. The van der Waals surface area contributed by atoms with Gasteiger partial charge < -0.3 is 25.0 Å². The molecule has 2 fully saturated rings. The number of β-amino-alcohol motifs (C(OH)–C–C–N with tert-alkyl or cyclic N) is 1. The van der Waals surface area contributed by atoms with Gasteiger partial charge in [0.1, 0.15) is 0 Å². The summed E-state index contributed by atoms with van der Waals surface area (Å²) in [7, 11) is 1.34. The standard InChI is InChI=1S/C18H25N3O4/c1-25-17(23)13-6-7-16(20-8-2-3-9-20)15(11-13)19-18(24)21-10-4-5-14(22)12-21/h6-7,11,14,22H,2-5,8-10,12H2,1H3,(H,19,24)/t14-/m1/s1. The quantitative estimate of drug-likeness (QED) is 0.818. The number of anilines is 2. The fraction of sp³-hybridized carbons (Fsp3) is 0.556. The van der Waals surface area contributed by atoms with Gasteiger partial charge in [0.05, 0.1) is 30.2 Å². The van der Waals surface area contributed by atoms with Crippen LogP contribution >= 0.6 is 0 Å². The number of benzene rings is 1. The van der Waals surface area contributed by atoms with Crippen LogP contribution in [0.5, 0.6) is 0 Å². The predicted molar refractivity (Wildman–Crippen MR) is 95.1 cm³/mol. The monoisotopic (exact) mass is 347 g/mol. The zero-order chi connectivity index (χ0) is 17.8. The highest BCUT2D eigenvalue weighted by atomic mass is 16.5. The van der Waals surface area contributed by atoms with Crippen LogP contribution in [0.2, 0.25) is 0 Å². The number of piperidine rings is 1. The van der Waals surface area contributed by atoms with E-state index in [-0.39, 0.29) is 6.03 Å².